The molecule has 2 amide bonds. The predicted molar refractivity (Wildman–Crippen MR) is 91.4 cm³/mol. The highest BCUT2D eigenvalue weighted by molar-refractivity contribution is 6.03. The zero-order chi connectivity index (χ0) is 17.3. The number of carbonyl (C=O) groups is 2. The number of nitrogens with one attached hydrogen (secondary N) is 1. The molecule has 0 saturated carbocycles. The van der Waals surface area contributed by atoms with Gasteiger partial charge in [0.15, 0.2) is 0 Å². The van der Waals surface area contributed by atoms with Crippen LogP contribution in [0.5, 0.6) is 0 Å². The number of aromatic nitrogens is 2. The van der Waals surface area contributed by atoms with E-state index in [-0.39, 0.29) is 11.8 Å². The first kappa shape index (κ1) is 16.2. The molecule has 1 N–H and O–H groups in total. The quantitative estimate of drug-likeness (QED) is 0.917. The van der Waals surface area contributed by atoms with Crippen LogP contribution in [0.4, 0.5) is 5.69 Å². The van der Waals surface area contributed by atoms with E-state index in [1.54, 1.807) is 29.0 Å². The molecule has 126 valence electrons. The molecule has 0 saturated heterocycles. The number of hydrogen-bond acceptors (Lipinski definition) is 3. The minimum absolute atomic E-state index is 0.0717. The van der Waals surface area contributed by atoms with Crippen molar-refractivity contribution in [3.63, 3.8) is 0 Å². The van der Waals surface area contributed by atoms with Gasteiger partial charge in [0.25, 0.3) is 5.91 Å². The Labute approximate surface area is 141 Å². The predicted octanol–water partition coefficient (Wildman–Crippen LogP) is 2.43. The number of benzene rings is 1. The van der Waals surface area contributed by atoms with Crippen molar-refractivity contribution in [1.82, 2.24) is 14.7 Å². The van der Waals surface area contributed by atoms with E-state index in [1.807, 2.05) is 24.3 Å². The molecule has 2 aromatic rings. The number of anilines is 1. The molecule has 0 bridgehead atoms. The lowest BCUT2D eigenvalue weighted by molar-refractivity contribution is -0.121. The first-order valence-electron chi connectivity index (χ1n) is 8.14. The fourth-order valence-electron chi connectivity index (χ4n) is 3.06. The average Bonchev–Trinajstić information content (AvgIpc) is 3.09. The average molecular weight is 326 g/mol. The molecule has 24 heavy (non-hydrogen) atoms. The van der Waals surface area contributed by atoms with Gasteiger partial charge >= 0.3 is 0 Å². The Hall–Kier alpha value is -2.63. The standard InChI is InChI=1S/C18H22N4O2/c1-12(2)8-16(17(23)20-14-9-19-21(3)11-14)22-10-13-6-4-5-7-15(13)18(22)24/h4-7,9,11-12,16H,8,10H2,1-3H3,(H,20,23). The van der Waals surface area contributed by atoms with Crippen molar-refractivity contribution in [3.05, 3.63) is 47.8 Å². The number of nitrogens with zero attached hydrogens (tertiary/aromatic N) is 3. The molecule has 0 spiro atoms. The molecule has 1 aliphatic rings. The van der Waals surface area contributed by atoms with Gasteiger partial charge in [0.1, 0.15) is 6.04 Å². The Morgan fingerprint density at radius 3 is 2.71 bits per heavy atom. The van der Waals surface area contributed by atoms with Crippen molar-refractivity contribution in [2.45, 2.75) is 32.9 Å². The lowest BCUT2D eigenvalue weighted by Gasteiger charge is -2.28. The molecule has 1 atom stereocenters. The third kappa shape index (κ3) is 3.18. The van der Waals surface area contributed by atoms with E-state index in [4.69, 9.17) is 0 Å². The molecule has 1 aromatic heterocycles. The van der Waals surface area contributed by atoms with Crippen LogP contribution in [-0.4, -0.2) is 32.5 Å². The third-order valence-electron chi connectivity index (χ3n) is 4.20. The topological polar surface area (TPSA) is 67.2 Å². The molecule has 1 aromatic carbocycles. The van der Waals surface area contributed by atoms with E-state index >= 15 is 0 Å². The lowest BCUT2D eigenvalue weighted by atomic mass is 10.0. The van der Waals surface area contributed by atoms with Gasteiger partial charge in [-0.25, -0.2) is 0 Å². The second-order valence-corrected chi connectivity index (χ2v) is 6.63. The maximum atomic E-state index is 12.8. The minimum Gasteiger partial charge on any atom is -0.322 e. The van der Waals surface area contributed by atoms with Crippen molar-refractivity contribution in [3.8, 4) is 0 Å². The molecular formula is C18H22N4O2. The Bertz CT molecular complexity index is 766. The summed E-state index contributed by atoms with van der Waals surface area (Å²) in [4.78, 5) is 27.2. The number of carbonyl (C=O) groups excluding carboxylic acids is 2. The van der Waals surface area contributed by atoms with E-state index in [1.165, 1.54) is 0 Å². The van der Waals surface area contributed by atoms with Gasteiger partial charge in [0, 0.05) is 25.4 Å². The normalized spacial score (nSPS) is 14.8. The summed E-state index contributed by atoms with van der Waals surface area (Å²) in [6, 6.07) is 7.04. The number of fused-ring (bicyclic) bond motifs is 1. The molecule has 6 nitrogen and oxygen atoms in total. The molecule has 0 fully saturated rings. The zero-order valence-corrected chi connectivity index (χ0v) is 14.2. The first-order chi connectivity index (χ1) is 11.5. The van der Waals surface area contributed by atoms with Crippen LogP contribution >= 0.6 is 0 Å². The van der Waals surface area contributed by atoms with Crippen LogP contribution in [0.2, 0.25) is 0 Å². The highest BCUT2D eigenvalue weighted by Gasteiger charge is 2.36. The van der Waals surface area contributed by atoms with Gasteiger partial charge in [0.2, 0.25) is 5.91 Å². The number of amides is 2. The van der Waals surface area contributed by atoms with Gasteiger partial charge in [-0.1, -0.05) is 32.0 Å². The van der Waals surface area contributed by atoms with E-state index < -0.39 is 6.04 Å². The van der Waals surface area contributed by atoms with Crippen LogP contribution in [0.15, 0.2) is 36.7 Å². The smallest absolute Gasteiger partial charge is 0.255 e. The van der Waals surface area contributed by atoms with Gasteiger partial charge in [-0.3, -0.25) is 14.3 Å². The summed E-state index contributed by atoms with van der Waals surface area (Å²) in [6.45, 7) is 4.59. The summed E-state index contributed by atoms with van der Waals surface area (Å²) in [5.41, 5.74) is 2.31. The largest absolute Gasteiger partial charge is 0.322 e. The molecular weight excluding hydrogens is 304 g/mol. The summed E-state index contributed by atoms with van der Waals surface area (Å²) >= 11 is 0. The van der Waals surface area contributed by atoms with Gasteiger partial charge in [-0.15, -0.1) is 0 Å². The van der Waals surface area contributed by atoms with E-state index in [0.717, 1.165) is 5.56 Å². The van der Waals surface area contributed by atoms with Gasteiger partial charge in [0.05, 0.1) is 11.9 Å². The summed E-state index contributed by atoms with van der Waals surface area (Å²) < 4.78 is 1.63. The Morgan fingerprint density at radius 2 is 2.08 bits per heavy atom. The van der Waals surface area contributed by atoms with E-state index in [0.29, 0.717) is 30.1 Å². The van der Waals surface area contributed by atoms with Crippen LogP contribution in [0.3, 0.4) is 0 Å². The maximum Gasteiger partial charge on any atom is 0.255 e. The highest BCUT2D eigenvalue weighted by atomic mass is 16.2. The first-order valence-corrected chi connectivity index (χ1v) is 8.14. The monoisotopic (exact) mass is 326 g/mol. The SMILES string of the molecule is CC(C)CC(C(=O)Nc1cnn(C)c1)N1Cc2ccccc2C1=O. The van der Waals surface area contributed by atoms with Gasteiger partial charge in [-0.05, 0) is 24.0 Å². The van der Waals surface area contributed by atoms with Crippen LogP contribution in [-0.2, 0) is 18.4 Å². The van der Waals surface area contributed by atoms with Crippen LogP contribution in [0.1, 0.15) is 36.2 Å². The number of aryl methyl sites for hydroxylation is 1. The van der Waals surface area contributed by atoms with Crippen molar-refractivity contribution in [2.75, 3.05) is 5.32 Å². The zero-order valence-electron chi connectivity index (χ0n) is 14.2. The Morgan fingerprint density at radius 1 is 1.33 bits per heavy atom. The molecule has 6 heteroatoms. The minimum atomic E-state index is -0.495. The van der Waals surface area contributed by atoms with E-state index in [9.17, 15) is 9.59 Å². The van der Waals surface area contributed by atoms with E-state index in [2.05, 4.69) is 24.3 Å². The van der Waals surface area contributed by atoms with Crippen molar-refractivity contribution < 1.29 is 9.59 Å². The van der Waals surface area contributed by atoms with Crippen molar-refractivity contribution in [1.29, 1.82) is 0 Å². The second-order valence-electron chi connectivity index (χ2n) is 6.63. The molecule has 3 rings (SSSR count). The molecule has 0 aliphatic carbocycles. The molecule has 2 heterocycles. The summed E-state index contributed by atoms with van der Waals surface area (Å²) in [6.07, 6.45) is 3.96. The fourth-order valence-corrected chi connectivity index (χ4v) is 3.06. The second kappa shape index (κ2) is 6.47. The Balaban J connectivity index is 1.82. The highest BCUT2D eigenvalue weighted by Crippen LogP contribution is 2.27. The van der Waals surface area contributed by atoms with Crippen molar-refractivity contribution >= 4 is 17.5 Å². The molecule has 1 aliphatic heterocycles. The summed E-state index contributed by atoms with van der Waals surface area (Å²) in [5, 5.41) is 6.93. The number of rotatable bonds is 5. The third-order valence-corrected chi connectivity index (χ3v) is 4.20. The van der Waals surface area contributed by atoms with Crippen molar-refractivity contribution in [2.24, 2.45) is 13.0 Å². The van der Waals surface area contributed by atoms with Crippen LogP contribution in [0, 0.1) is 5.92 Å². The summed E-state index contributed by atoms with van der Waals surface area (Å²) in [5.74, 6) is 0.0570. The maximum absolute atomic E-state index is 12.8. The lowest BCUT2D eigenvalue weighted by Crippen LogP contribution is -2.45. The van der Waals surface area contributed by atoms with Gasteiger partial charge < -0.3 is 10.2 Å². The summed E-state index contributed by atoms with van der Waals surface area (Å²) in [7, 11) is 1.79. The molecule has 1 unspecified atom stereocenters. The molecule has 0 radical (unpaired) electrons. The Kier molecular flexibility index (Phi) is 4.38. The van der Waals surface area contributed by atoms with Gasteiger partial charge in [-0.2, -0.15) is 5.10 Å². The fraction of sp³-hybridized carbons (Fsp3) is 0.389. The number of hydrogen-bond donors (Lipinski definition) is 1. The van der Waals surface area contributed by atoms with Crippen LogP contribution < -0.4 is 5.32 Å². The van der Waals surface area contributed by atoms with Crippen LogP contribution in [0.25, 0.3) is 0 Å².